The van der Waals surface area contributed by atoms with Crippen molar-refractivity contribution in [3.8, 4) is 24.7 Å². The molecule has 4 heteroatoms. The van der Waals surface area contributed by atoms with Gasteiger partial charge in [0, 0.05) is 0 Å². The molecule has 0 aromatic rings. The van der Waals surface area contributed by atoms with E-state index in [-0.39, 0.29) is 6.16 Å². The third-order valence-electron chi connectivity index (χ3n) is 1.45. The Morgan fingerprint density at radius 2 is 2.18 bits per heavy atom. The molecule has 1 aliphatic rings. The molecule has 1 heterocycles. The van der Waals surface area contributed by atoms with Crippen LogP contribution in [0.15, 0.2) is 0 Å². The van der Waals surface area contributed by atoms with Crippen LogP contribution in [0.4, 0.5) is 0 Å². The summed E-state index contributed by atoms with van der Waals surface area (Å²) >= 11 is 0. The molecule has 3 atom stereocenters. The van der Waals surface area contributed by atoms with Gasteiger partial charge in [0.15, 0.2) is 0 Å². The number of hydrogen-bond acceptors (Lipinski definition) is 2. The third-order valence-corrected chi connectivity index (χ3v) is 2.86. The zero-order chi connectivity index (χ0) is 8.48. The Morgan fingerprint density at radius 1 is 1.55 bits per heavy atom. The molecule has 0 amide bonds. The summed E-state index contributed by atoms with van der Waals surface area (Å²) in [5, 5.41) is 0. The van der Waals surface area contributed by atoms with E-state index >= 15 is 0 Å². The van der Waals surface area contributed by atoms with Crippen LogP contribution >= 0.6 is 7.60 Å². The minimum atomic E-state index is -3.47. The number of rotatable bonds is 0. The van der Waals surface area contributed by atoms with E-state index in [2.05, 4.69) is 16.4 Å². The summed E-state index contributed by atoms with van der Waals surface area (Å²) < 4.78 is 15.5. The Morgan fingerprint density at radius 3 is 2.55 bits per heavy atom. The number of hydrogen-bond donors (Lipinski definition) is 1. The molecule has 0 aromatic carbocycles. The van der Waals surface area contributed by atoms with Gasteiger partial charge >= 0.3 is 7.60 Å². The summed E-state index contributed by atoms with van der Waals surface area (Å²) in [5.41, 5.74) is 0. The first-order valence-electron chi connectivity index (χ1n) is 3.01. The fourth-order valence-electron chi connectivity index (χ4n) is 0.925. The molecule has 0 radical (unpaired) electrons. The second-order valence-electron chi connectivity index (χ2n) is 2.29. The molecule has 3 unspecified atom stereocenters. The van der Waals surface area contributed by atoms with Crippen LogP contribution in [0.5, 0.6) is 0 Å². The average Bonchev–Trinajstić information content (AvgIpc) is 2.25. The van der Waals surface area contributed by atoms with Gasteiger partial charge in [0.05, 0.1) is 12.1 Å². The van der Waals surface area contributed by atoms with Crippen LogP contribution in [0.25, 0.3) is 0 Å². The Kier molecular flexibility index (Phi) is 2.07. The van der Waals surface area contributed by atoms with Gasteiger partial charge in [0.1, 0.15) is 6.10 Å². The lowest BCUT2D eigenvalue weighted by Crippen LogP contribution is -2.12. The fourth-order valence-corrected chi connectivity index (χ4v) is 2.37. The Balaban J connectivity index is 2.82. The van der Waals surface area contributed by atoms with Crippen molar-refractivity contribution in [3.63, 3.8) is 0 Å². The van der Waals surface area contributed by atoms with E-state index in [1.165, 1.54) is 0 Å². The molecular weight excluding hydrogens is 163 g/mol. The molecule has 1 aliphatic heterocycles. The van der Waals surface area contributed by atoms with E-state index in [1.807, 2.05) is 0 Å². The minimum absolute atomic E-state index is 0.0294. The zero-order valence-electron chi connectivity index (χ0n) is 5.73. The third kappa shape index (κ3) is 1.64. The summed E-state index contributed by atoms with van der Waals surface area (Å²) in [4.78, 5) is 8.94. The van der Waals surface area contributed by atoms with Crippen LogP contribution in [0.1, 0.15) is 0 Å². The molecule has 11 heavy (non-hydrogen) atoms. The van der Waals surface area contributed by atoms with Crippen molar-refractivity contribution in [3.05, 3.63) is 0 Å². The highest BCUT2D eigenvalue weighted by Gasteiger charge is 2.40. The first-order valence-corrected chi connectivity index (χ1v) is 4.78. The van der Waals surface area contributed by atoms with Crippen molar-refractivity contribution in [1.29, 1.82) is 0 Å². The molecule has 3 nitrogen and oxygen atoms in total. The van der Waals surface area contributed by atoms with Crippen molar-refractivity contribution in [1.82, 2.24) is 0 Å². The molecule has 1 N–H and O–H groups in total. The molecule has 0 aliphatic carbocycles. The molecule has 0 spiro atoms. The summed E-state index contributed by atoms with van der Waals surface area (Å²) in [6.07, 6.45) is 9.35. The molecule has 1 saturated heterocycles. The largest absolute Gasteiger partial charge is 0.330 e. The van der Waals surface area contributed by atoms with Crippen molar-refractivity contribution >= 4 is 7.60 Å². The van der Waals surface area contributed by atoms with Gasteiger partial charge in [-0.15, -0.1) is 12.8 Å². The van der Waals surface area contributed by atoms with Crippen LogP contribution in [-0.4, -0.2) is 17.2 Å². The molecule has 1 rings (SSSR count). The summed E-state index contributed by atoms with van der Waals surface area (Å²) in [6, 6.07) is 0. The first-order chi connectivity index (χ1) is 5.09. The van der Waals surface area contributed by atoms with Crippen LogP contribution in [-0.2, 0) is 9.09 Å². The lowest BCUT2D eigenvalue weighted by molar-refractivity contribution is 0.236. The summed E-state index contributed by atoms with van der Waals surface area (Å²) in [7, 11) is -3.47. The SMILES string of the molecule is C#CC1CP(=O)(O)OC1C#C. The highest BCUT2D eigenvalue weighted by atomic mass is 31.2. The molecule has 58 valence electrons. The lowest BCUT2D eigenvalue weighted by atomic mass is 10.1. The molecule has 0 aromatic heterocycles. The summed E-state index contributed by atoms with van der Waals surface area (Å²) in [5.74, 6) is 4.12. The Bertz CT molecular complexity index is 257. The van der Waals surface area contributed by atoms with Crippen molar-refractivity contribution < 1.29 is 14.0 Å². The molecule has 0 bridgehead atoms. The topological polar surface area (TPSA) is 46.5 Å². The van der Waals surface area contributed by atoms with Gasteiger partial charge < -0.3 is 4.89 Å². The van der Waals surface area contributed by atoms with E-state index in [4.69, 9.17) is 17.7 Å². The van der Waals surface area contributed by atoms with Gasteiger partial charge in [0.2, 0.25) is 0 Å². The monoisotopic (exact) mass is 170 g/mol. The lowest BCUT2D eigenvalue weighted by Gasteiger charge is -2.02. The van der Waals surface area contributed by atoms with Gasteiger partial charge in [-0.05, 0) is 0 Å². The first kappa shape index (κ1) is 8.37. The standard InChI is InChI=1S/C7H7O3P/c1-3-6-5-11(8,9)10-7(6)4-2/h1-2,6-7H,5H2,(H,8,9). The smallest absolute Gasteiger partial charge is 0.324 e. The summed E-state index contributed by atoms with van der Waals surface area (Å²) in [6.45, 7) is 0. The predicted octanol–water partition coefficient (Wildman–Crippen LogP) is 0.453. The maximum Gasteiger partial charge on any atom is 0.330 e. The van der Waals surface area contributed by atoms with Crippen LogP contribution < -0.4 is 0 Å². The van der Waals surface area contributed by atoms with Gasteiger partial charge in [-0.1, -0.05) is 11.8 Å². The van der Waals surface area contributed by atoms with E-state index in [1.54, 1.807) is 0 Å². The normalized spacial score (nSPS) is 42.8. The van der Waals surface area contributed by atoms with E-state index in [0.717, 1.165) is 0 Å². The van der Waals surface area contributed by atoms with Crippen LogP contribution in [0.2, 0.25) is 0 Å². The molecule has 0 saturated carbocycles. The highest BCUT2D eigenvalue weighted by molar-refractivity contribution is 7.53. The second kappa shape index (κ2) is 2.72. The maximum absolute atomic E-state index is 10.9. The Hall–Kier alpha value is -0.730. The van der Waals surface area contributed by atoms with Crippen LogP contribution in [0, 0.1) is 30.6 Å². The van der Waals surface area contributed by atoms with Crippen molar-refractivity contribution in [2.45, 2.75) is 6.10 Å². The Labute approximate surface area is 65.3 Å². The van der Waals surface area contributed by atoms with Gasteiger partial charge in [0.25, 0.3) is 0 Å². The van der Waals surface area contributed by atoms with Crippen molar-refractivity contribution in [2.24, 2.45) is 5.92 Å². The maximum atomic E-state index is 10.9. The minimum Gasteiger partial charge on any atom is -0.324 e. The van der Waals surface area contributed by atoms with E-state index in [0.29, 0.717) is 0 Å². The fraction of sp³-hybridized carbons (Fsp3) is 0.429. The molecular formula is C7H7O3P. The average molecular weight is 170 g/mol. The highest BCUT2D eigenvalue weighted by Crippen LogP contribution is 2.52. The van der Waals surface area contributed by atoms with Crippen LogP contribution in [0.3, 0.4) is 0 Å². The van der Waals surface area contributed by atoms with Crippen molar-refractivity contribution in [2.75, 3.05) is 6.16 Å². The quantitative estimate of drug-likeness (QED) is 0.424. The van der Waals surface area contributed by atoms with E-state index in [9.17, 15) is 4.57 Å². The van der Waals surface area contributed by atoms with Gasteiger partial charge in [-0.3, -0.25) is 9.09 Å². The van der Waals surface area contributed by atoms with Gasteiger partial charge in [-0.2, -0.15) is 0 Å². The second-order valence-corrected chi connectivity index (χ2v) is 4.14. The predicted molar refractivity (Wildman–Crippen MR) is 40.7 cm³/mol. The molecule has 1 fully saturated rings. The number of terminal acetylenes is 2. The van der Waals surface area contributed by atoms with Gasteiger partial charge in [-0.25, -0.2) is 0 Å². The zero-order valence-corrected chi connectivity index (χ0v) is 6.62. The van der Waals surface area contributed by atoms with E-state index < -0.39 is 19.6 Å².